The average molecular weight is 367 g/mol. The zero-order chi connectivity index (χ0) is 17.4. The lowest BCUT2D eigenvalue weighted by molar-refractivity contribution is -0.274. The van der Waals surface area contributed by atoms with Crippen LogP contribution in [0.3, 0.4) is 0 Å². The maximum absolute atomic E-state index is 12.1. The van der Waals surface area contributed by atoms with E-state index in [2.05, 4.69) is 9.72 Å². The second-order valence-corrected chi connectivity index (χ2v) is 4.98. The third kappa shape index (κ3) is 3.77. The van der Waals surface area contributed by atoms with Crippen LogP contribution in [-0.4, -0.2) is 22.4 Å². The van der Waals surface area contributed by atoms with Gasteiger partial charge in [0.25, 0.3) is 0 Å². The van der Waals surface area contributed by atoms with E-state index in [0.29, 0.717) is 0 Å². The van der Waals surface area contributed by atoms with Crippen molar-refractivity contribution in [3.63, 3.8) is 0 Å². The van der Waals surface area contributed by atoms with Crippen LogP contribution in [0.25, 0.3) is 11.3 Å². The maximum Gasteiger partial charge on any atom is 0.573 e. The number of carboxylic acids is 1. The van der Waals surface area contributed by atoms with Gasteiger partial charge in [0.15, 0.2) is 5.69 Å². The summed E-state index contributed by atoms with van der Waals surface area (Å²) in [6, 6.07) is 4.53. The SMILES string of the molecule is Nc1c(Cl)c(C(=O)O)nc(-c2ccc(OC(F)(F)F)cc2)c1Cl. The molecule has 122 valence electrons. The number of rotatable bonds is 3. The van der Waals surface area contributed by atoms with Crippen LogP contribution in [0.2, 0.25) is 10.0 Å². The van der Waals surface area contributed by atoms with E-state index in [1.807, 2.05) is 0 Å². The highest BCUT2D eigenvalue weighted by molar-refractivity contribution is 6.41. The molecule has 3 N–H and O–H groups in total. The predicted molar refractivity (Wildman–Crippen MR) is 77.7 cm³/mol. The molecule has 5 nitrogen and oxygen atoms in total. The van der Waals surface area contributed by atoms with E-state index in [4.69, 9.17) is 34.0 Å². The van der Waals surface area contributed by atoms with E-state index in [0.717, 1.165) is 12.1 Å². The summed E-state index contributed by atoms with van der Waals surface area (Å²) >= 11 is 11.7. The molecular weight excluding hydrogens is 360 g/mol. The minimum Gasteiger partial charge on any atom is -0.476 e. The van der Waals surface area contributed by atoms with Crippen LogP contribution in [0.5, 0.6) is 5.75 Å². The second-order valence-electron chi connectivity index (χ2n) is 4.23. The van der Waals surface area contributed by atoms with Gasteiger partial charge < -0.3 is 15.6 Å². The number of nitrogens with zero attached hydrogens (tertiary/aromatic N) is 1. The maximum atomic E-state index is 12.1. The zero-order valence-corrected chi connectivity index (χ0v) is 12.5. The molecule has 0 bridgehead atoms. The Hall–Kier alpha value is -2.19. The number of hydrogen-bond donors (Lipinski definition) is 2. The molecule has 0 aliphatic carbocycles. The van der Waals surface area contributed by atoms with Crippen molar-refractivity contribution in [3.05, 3.63) is 40.0 Å². The van der Waals surface area contributed by atoms with E-state index < -0.39 is 23.8 Å². The average Bonchev–Trinajstić information content (AvgIpc) is 2.44. The van der Waals surface area contributed by atoms with Gasteiger partial charge in [-0.05, 0) is 24.3 Å². The van der Waals surface area contributed by atoms with Gasteiger partial charge in [0.1, 0.15) is 5.75 Å². The van der Waals surface area contributed by atoms with Crippen molar-refractivity contribution in [2.24, 2.45) is 0 Å². The molecule has 2 rings (SSSR count). The Morgan fingerprint density at radius 1 is 1.17 bits per heavy atom. The summed E-state index contributed by atoms with van der Waals surface area (Å²) in [7, 11) is 0. The monoisotopic (exact) mass is 366 g/mol. The third-order valence-corrected chi connectivity index (χ3v) is 3.44. The lowest BCUT2D eigenvalue weighted by Crippen LogP contribution is -2.16. The number of aromatic nitrogens is 1. The predicted octanol–water partition coefficient (Wildman–Crippen LogP) is 4.23. The fraction of sp³-hybridized carbons (Fsp3) is 0.0769. The largest absolute Gasteiger partial charge is 0.573 e. The Labute approximate surface area is 137 Å². The number of halogens is 5. The molecule has 1 aromatic heterocycles. The van der Waals surface area contributed by atoms with Crippen LogP contribution in [-0.2, 0) is 0 Å². The molecule has 0 atom stereocenters. The summed E-state index contributed by atoms with van der Waals surface area (Å²) in [5, 5.41) is 8.61. The number of alkyl halides is 3. The number of aromatic carboxylic acids is 1. The van der Waals surface area contributed by atoms with Gasteiger partial charge in [0, 0.05) is 5.56 Å². The lowest BCUT2D eigenvalue weighted by Gasteiger charge is -2.12. The van der Waals surface area contributed by atoms with Crippen molar-refractivity contribution < 1.29 is 27.8 Å². The molecule has 23 heavy (non-hydrogen) atoms. The fourth-order valence-electron chi connectivity index (χ4n) is 1.71. The molecular formula is C13H7Cl2F3N2O3. The van der Waals surface area contributed by atoms with Crippen molar-refractivity contribution in [2.75, 3.05) is 5.73 Å². The number of hydrogen-bond acceptors (Lipinski definition) is 4. The number of nitrogen functional groups attached to an aromatic ring is 1. The van der Waals surface area contributed by atoms with Crippen molar-refractivity contribution in [1.82, 2.24) is 4.98 Å². The molecule has 0 spiro atoms. The summed E-state index contributed by atoms with van der Waals surface area (Å²) in [4.78, 5) is 14.9. The molecule has 0 amide bonds. The lowest BCUT2D eigenvalue weighted by atomic mass is 10.1. The quantitative estimate of drug-likeness (QED) is 0.848. The first-order valence-electron chi connectivity index (χ1n) is 5.84. The van der Waals surface area contributed by atoms with Crippen LogP contribution in [0, 0.1) is 0 Å². The first kappa shape index (κ1) is 17.2. The van der Waals surface area contributed by atoms with Crippen molar-refractivity contribution in [2.45, 2.75) is 6.36 Å². The Kier molecular flexibility index (Phi) is 4.58. The first-order valence-corrected chi connectivity index (χ1v) is 6.59. The summed E-state index contributed by atoms with van der Waals surface area (Å²) in [6.07, 6.45) is -4.82. The Morgan fingerprint density at radius 2 is 1.74 bits per heavy atom. The molecule has 2 aromatic rings. The number of ether oxygens (including phenoxy) is 1. The van der Waals surface area contributed by atoms with Gasteiger partial charge in [-0.3, -0.25) is 0 Å². The molecule has 0 unspecified atom stereocenters. The number of anilines is 1. The van der Waals surface area contributed by atoms with Crippen molar-refractivity contribution in [1.29, 1.82) is 0 Å². The van der Waals surface area contributed by atoms with Gasteiger partial charge in [0.05, 0.1) is 21.4 Å². The highest BCUT2D eigenvalue weighted by Crippen LogP contribution is 2.37. The molecule has 0 aliphatic heterocycles. The Balaban J connectivity index is 2.48. The molecule has 0 aliphatic rings. The standard InChI is InChI=1S/C13H7Cl2F3N2O3/c14-7-9(19)8(15)11(12(21)22)20-10(7)5-1-3-6(4-2-5)23-13(16,17)18/h1-4H,(H2,19,20)(H,21,22). The molecule has 0 radical (unpaired) electrons. The minimum absolute atomic E-state index is 0.0236. The zero-order valence-electron chi connectivity index (χ0n) is 11.0. The van der Waals surface area contributed by atoms with Crippen LogP contribution in [0.15, 0.2) is 24.3 Å². The highest BCUT2D eigenvalue weighted by atomic mass is 35.5. The molecule has 0 fully saturated rings. The Bertz CT molecular complexity index is 765. The smallest absolute Gasteiger partial charge is 0.476 e. The van der Waals surface area contributed by atoms with E-state index in [-0.39, 0.29) is 27.0 Å². The number of pyridine rings is 1. The molecule has 1 heterocycles. The highest BCUT2D eigenvalue weighted by Gasteiger charge is 2.31. The number of nitrogens with two attached hydrogens (primary N) is 1. The Morgan fingerprint density at radius 3 is 2.22 bits per heavy atom. The van der Waals surface area contributed by atoms with Crippen LogP contribution in [0.4, 0.5) is 18.9 Å². The van der Waals surface area contributed by atoms with E-state index in [1.165, 1.54) is 12.1 Å². The van der Waals surface area contributed by atoms with Crippen molar-refractivity contribution in [3.8, 4) is 17.0 Å². The minimum atomic E-state index is -4.82. The third-order valence-electron chi connectivity index (χ3n) is 2.68. The molecule has 0 saturated carbocycles. The molecule has 0 saturated heterocycles. The van der Waals surface area contributed by atoms with Crippen molar-refractivity contribution >= 4 is 34.9 Å². The first-order chi connectivity index (χ1) is 10.6. The van der Waals surface area contributed by atoms with Gasteiger partial charge in [-0.25, -0.2) is 9.78 Å². The fourth-order valence-corrected chi connectivity index (χ4v) is 2.22. The molecule has 1 aromatic carbocycles. The molecule has 10 heteroatoms. The van der Waals surface area contributed by atoms with Gasteiger partial charge in [-0.1, -0.05) is 23.2 Å². The van der Waals surface area contributed by atoms with Gasteiger partial charge in [-0.2, -0.15) is 0 Å². The van der Waals surface area contributed by atoms with Crippen LogP contribution < -0.4 is 10.5 Å². The number of carboxylic acid groups (broad SMARTS) is 1. The van der Waals surface area contributed by atoms with Gasteiger partial charge >= 0.3 is 12.3 Å². The summed E-state index contributed by atoms with van der Waals surface area (Å²) < 4.78 is 40.1. The summed E-state index contributed by atoms with van der Waals surface area (Å²) in [6.45, 7) is 0. The normalized spacial score (nSPS) is 11.3. The van der Waals surface area contributed by atoms with Crippen LogP contribution >= 0.6 is 23.2 Å². The second kappa shape index (κ2) is 6.13. The van der Waals surface area contributed by atoms with E-state index >= 15 is 0 Å². The van der Waals surface area contributed by atoms with E-state index in [1.54, 1.807) is 0 Å². The van der Waals surface area contributed by atoms with Gasteiger partial charge in [0.2, 0.25) is 0 Å². The van der Waals surface area contributed by atoms with Gasteiger partial charge in [-0.15, -0.1) is 13.2 Å². The number of carbonyl (C=O) groups is 1. The van der Waals surface area contributed by atoms with E-state index in [9.17, 15) is 18.0 Å². The number of benzene rings is 1. The summed E-state index contributed by atoms with van der Waals surface area (Å²) in [5.41, 5.74) is 5.15. The topological polar surface area (TPSA) is 85.4 Å². The summed E-state index contributed by atoms with van der Waals surface area (Å²) in [5.74, 6) is -1.87. The van der Waals surface area contributed by atoms with Crippen LogP contribution in [0.1, 0.15) is 10.5 Å².